The van der Waals surface area contributed by atoms with E-state index < -0.39 is 0 Å². The fourth-order valence-corrected chi connectivity index (χ4v) is 9.11. The Morgan fingerprint density at radius 1 is 0.708 bits per heavy atom. The molecule has 0 aliphatic heterocycles. The minimum Gasteiger partial charge on any atom is -0.332 e. The summed E-state index contributed by atoms with van der Waals surface area (Å²) in [5.41, 5.74) is 0.352. The van der Waals surface area contributed by atoms with Crippen molar-refractivity contribution in [3.8, 4) is 0 Å². The summed E-state index contributed by atoms with van der Waals surface area (Å²) < 4.78 is 0. The fourth-order valence-electron chi connectivity index (χ4n) is 9.11. The summed E-state index contributed by atoms with van der Waals surface area (Å²) >= 11 is 0. The zero-order valence-electron chi connectivity index (χ0n) is 14.9. The van der Waals surface area contributed by atoms with E-state index in [9.17, 15) is 4.79 Å². The lowest BCUT2D eigenvalue weighted by molar-refractivity contribution is 0.131. The van der Waals surface area contributed by atoms with Crippen LogP contribution in [-0.4, -0.2) is 17.1 Å². The SMILES string of the molecule is O=C(NC12CCCC1[C@H]1CC[C@@H]2C1)NC12CCCC1[C@H]1CC[C@@H]2C1. The van der Waals surface area contributed by atoms with Gasteiger partial charge in [0.15, 0.2) is 0 Å². The third-order valence-electron chi connectivity index (χ3n) is 9.77. The Balaban J connectivity index is 1.23. The number of carbonyl (C=O) groups excluding carboxylic acids is 1. The van der Waals surface area contributed by atoms with Crippen LogP contribution in [0.25, 0.3) is 0 Å². The first-order chi connectivity index (χ1) is 11.7. The van der Waals surface area contributed by atoms with Gasteiger partial charge in [-0.25, -0.2) is 4.79 Å². The number of fused-ring (bicyclic) bond motifs is 10. The van der Waals surface area contributed by atoms with Crippen molar-refractivity contribution < 1.29 is 4.79 Å². The van der Waals surface area contributed by atoms with Gasteiger partial charge in [0.05, 0.1) is 0 Å². The number of nitrogens with one attached hydrogen (secondary N) is 2. The molecule has 8 atom stereocenters. The first kappa shape index (κ1) is 14.4. The van der Waals surface area contributed by atoms with Gasteiger partial charge in [-0.15, -0.1) is 0 Å². The van der Waals surface area contributed by atoms with Crippen LogP contribution in [0, 0.1) is 35.5 Å². The van der Waals surface area contributed by atoms with Gasteiger partial charge in [0.2, 0.25) is 0 Å². The predicted molar refractivity (Wildman–Crippen MR) is 93.5 cm³/mol. The highest BCUT2D eigenvalue weighted by Gasteiger charge is 2.63. The quantitative estimate of drug-likeness (QED) is 0.783. The van der Waals surface area contributed by atoms with E-state index in [0.29, 0.717) is 0 Å². The van der Waals surface area contributed by atoms with Crippen molar-refractivity contribution in [3.63, 3.8) is 0 Å². The van der Waals surface area contributed by atoms with E-state index in [4.69, 9.17) is 0 Å². The second-order valence-electron chi connectivity index (χ2n) is 10.2. The molecule has 0 radical (unpaired) electrons. The Labute approximate surface area is 145 Å². The van der Waals surface area contributed by atoms with Crippen LogP contribution in [0.4, 0.5) is 4.79 Å². The molecular formula is C21H32N2O. The van der Waals surface area contributed by atoms with Crippen molar-refractivity contribution in [3.05, 3.63) is 0 Å². The van der Waals surface area contributed by atoms with Gasteiger partial charge in [-0.2, -0.15) is 0 Å². The van der Waals surface area contributed by atoms with Crippen LogP contribution < -0.4 is 10.6 Å². The molecule has 6 aliphatic carbocycles. The number of urea groups is 1. The third kappa shape index (κ3) is 1.63. The molecule has 4 unspecified atom stereocenters. The van der Waals surface area contributed by atoms with Gasteiger partial charge in [-0.05, 0) is 99.7 Å². The molecule has 24 heavy (non-hydrogen) atoms. The van der Waals surface area contributed by atoms with E-state index in [-0.39, 0.29) is 17.1 Å². The van der Waals surface area contributed by atoms with Crippen LogP contribution in [0.5, 0.6) is 0 Å². The van der Waals surface area contributed by atoms with Crippen LogP contribution in [-0.2, 0) is 0 Å². The summed E-state index contributed by atoms with van der Waals surface area (Å²) in [6, 6.07) is 0.203. The third-order valence-corrected chi connectivity index (χ3v) is 9.77. The Kier molecular flexibility index (Phi) is 2.83. The van der Waals surface area contributed by atoms with Crippen molar-refractivity contribution in [2.75, 3.05) is 0 Å². The first-order valence-electron chi connectivity index (χ1n) is 10.8. The molecule has 0 spiro atoms. The Morgan fingerprint density at radius 3 is 1.71 bits per heavy atom. The molecule has 0 heterocycles. The smallest absolute Gasteiger partial charge is 0.315 e. The molecule has 3 heteroatoms. The molecule has 132 valence electrons. The number of hydrogen-bond donors (Lipinski definition) is 2. The van der Waals surface area contributed by atoms with Crippen LogP contribution in [0.3, 0.4) is 0 Å². The molecular weight excluding hydrogens is 296 g/mol. The second kappa shape index (κ2) is 4.71. The molecule has 0 aromatic rings. The standard InChI is InChI=1S/C21H32N2O/c24-19(22-20-9-1-3-17(20)13-5-7-15(20)11-13)23-21-10-2-4-18(21)14-6-8-16(21)12-14/h13-18H,1-12H2,(H2,22,23,24)/t13-,14-,15+,16+,17?,18?,20?,21?/m0/s1. The maximum atomic E-state index is 13.2. The number of rotatable bonds is 2. The molecule has 6 saturated carbocycles. The Hall–Kier alpha value is -0.730. The van der Waals surface area contributed by atoms with Crippen LogP contribution >= 0.6 is 0 Å². The van der Waals surface area contributed by atoms with E-state index in [1.54, 1.807) is 0 Å². The lowest BCUT2D eigenvalue weighted by Crippen LogP contribution is -2.63. The largest absolute Gasteiger partial charge is 0.332 e. The molecule has 6 rings (SSSR count). The van der Waals surface area contributed by atoms with Gasteiger partial charge >= 0.3 is 6.03 Å². The zero-order chi connectivity index (χ0) is 15.9. The van der Waals surface area contributed by atoms with Gasteiger partial charge < -0.3 is 10.6 Å². The molecule has 0 aromatic heterocycles. The Morgan fingerprint density at radius 2 is 1.21 bits per heavy atom. The summed E-state index contributed by atoms with van der Waals surface area (Å²) in [5.74, 6) is 4.96. The van der Waals surface area contributed by atoms with Crippen molar-refractivity contribution >= 4 is 6.03 Å². The van der Waals surface area contributed by atoms with Gasteiger partial charge in [0, 0.05) is 11.1 Å². The molecule has 6 fully saturated rings. The van der Waals surface area contributed by atoms with Crippen molar-refractivity contribution in [1.29, 1.82) is 0 Å². The summed E-state index contributed by atoms with van der Waals surface area (Å²) in [7, 11) is 0. The Bertz CT molecular complexity index is 528. The maximum Gasteiger partial charge on any atom is 0.315 e. The normalized spacial score (nSPS) is 56.5. The summed E-state index contributed by atoms with van der Waals surface area (Å²) in [6.45, 7) is 0. The number of carbonyl (C=O) groups is 1. The van der Waals surface area contributed by atoms with Crippen LogP contribution in [0.1, 0.15) is 77.0 Å². The summed E-state index contributed by atoms with van der Waals surface area (Å²) in [6.07, 6.45) is 16.2. The van der Waals surface area contributed by atoms with Crippen LogP contribution in [0.15, 0.2) is 0 Å². The van der Waals surface area contributed by atoms with Crippen molar-refractivity contribution in [1.82, 2.24) is 10.6 Å². The second-order valence-corrected chi connectivity index (χ2v) is 10.2. The van der Waals surface area contributed by atoms with E-state index in [1.165, 1.54) is 77.0 Å². The molecule has 2 amide bonds. The minimum absolute atomic E-state index is 0.176. The van der Waals surface area contributed by atoms with E-state index in [2.05, 4.69) is 10.6 Å². The predicted octanol–water partition coefficient (Wildman–Crippen LogP) is 4.22. The van der Waals surface area contributed by atoms with E-state index in [1.807, 2.05) is 0 Å². The highest BCUT2D eigenvalue weighted by molar-refractivity contribution is 5.76. The molecule has 0 aromatic carbocycles. The first-order valence-corrected chi connectivity index (χ1v) is 10.8. The topological polar surface area (TPSA) is 41.1 Å². The van der Waals surface area contributed by atoms with E-state index >= 15 is 0 Å². The van der Waals surface area contributed by atoms with Crippen molar-refractivity contribution in [2.24, 2.45) is 35.5 Å². The molecule has 3 nitrogen and oxygen atoms in total. The number of hydrogen-bond acceptors (Lipinski definition) is 1. The average molecular weight is 329 g/mol. The minimum atomic E-state index is 0.176. The summed E-state index contributed by atoms with van der Waals surface area (Å²) in [4.78, 5) is 13.2. The van der Waals surface area contributed by atoms with E-state index in [0.717, 1.165) is 35.5 Å². The lowest BCUT2D eigenvalue weighted by Gasteiger charge is -2.44. The van der Waals surface area contributed by atoms with Gasteiger partial charge in [0.1, 0.15) is 0 Å². The maximum absolute atomic E-state index is 13.2. The molecule has 4 bridgehead atoms. The monoisotopic (exact) mass is 328 g/mol. The highest BCUT2D eigenvalue weighted by atomic mass is 16.2. The van der Waals surface area contributed by atoms with Crippen molar-refractivity contribution in [2.45, 2.75) is 88.1 Å². The molecule has 6 aliphatic rings. The highest BCUT2D eigenvalue weighted by Crippen LogP contribution is 2.62. The summed E-state index contributed by atoms with van der Waals surface area (Å²) in [5, 5.41) is 7.26. The van der Waals surface area contributed by atoms with Gasteiger partial charge in [0.25, 0.3) is 0 Å². The van der Waals surface area contributed by atoms with Gasteiger partial charge in [-0.1, -0.05) is 12.8 Å². The molecule has 2 N–H and O–H groups in total. The van der Waals surface area contributed by atoms with Crippen LogP contribution in [0.2, 0.25) is 0 Å². The van der Waals surface area contributed by atoms with Gasteiger partial charge in [-0.3, -0.25) is 0 Å². The fraction of sp³-hybridized carbons (Fsp3) is 0.952. The zero-order valence-corrected chi connectivity index (χ0v) is 14.9. The molecule has 0 saturated heterocycles. The lowest BCUT2D eigenvalue weighted by atomic mass is 9.74. The average Bonchev–Trinajstić information content (AvgIpc) is 3.34. The number of amides is 2.